The van der Waals surface area contributed by atoms with Crippen LogP contribution >= 0.6 is 11.3 Å². The molecule has 4 aromatic heterocycles. The summed E-state index contributed by atoms with van der Waals surface area (Å²) in [6.07, 6.45) is 0. The van der Waals surface area contributed by atoms with Crippen molar-refractivity contribution in [2.24, 2.45) is 0 Å². The molecule has 266 valence electrons. The minimum Gasteiger partial charge on any atom is -0.455 e. The van der Waals surface area contributed by atoms with Crippen molar-refractivity contribution in [2.75, 3.05) is 0 Å². The highest BCUT2D eigenvalue weighted by atomic mass is 32.1. The number of para-hydroxylation sites is 2. The predicted molar refractivity (Wildman–Crippen MR) is 234 cm³/mol. The molecule has 5 nitrogen and oxygen atoms in total. The van der Waals surface area contributed by atoms with E-state index in [4.69, 9.17) is 29.4 Å². The van der Waals surface area contributed by atoms with Crippen LogP contribution in [0, 0.1) is 0 Å². The lowest BCUT2D eigenvalue weighted by Gasteiger charge is -2.09. The van der Waals surface area contributed by atoms with Crippen LogP contribution < -0.4 is 0 Å². The van der Waals surface area contributed by atoms with Gasteiger partial charge in [0.2, 0.25) is 0 Å². The Hall–Kier alpha value is -7.41. The van der Waals surface area contributed by atoms with Gasteiger partial charge in [-0.15, -0.1) is 11.3 Å². The smallest absolute Gasteiger partial charge is 0.167 e. The summed E-state index contributed by atoms with van der Waals surface area (Å²) in [5, 5.41) is 2.63. The van der Waals surface area contributed by atoms with Crippen LogP contribution in [-0.4, -0.2) is 15.0 Å². The van der Waals surface area contributed by atoms with Gasteiger partial charge >= 0.3 is 0 Å². The fourth-order valence-electron chi connectivity index (χ4n) is 7.29. The molecule has 0 unspecified atom stereocenters. The van der Waals surface area contributed by atoms with E-state index in [9.17, 15) is 2.74 Å². The third-order valence-corrected chi connectivity index (χ3v) is 10.8. The number of nitrogens with zero attached hydrogens (tertiary/aromatic N) is 3. The largest absolute Gasteiger partial charge is 0.455 e. The second-order valence-corrected chi connectivity index (χ2v) is 14.0. The minimum atomic E-state index is -0.671. The van der Waals surface area contributed by atoms with E-state index in [1.165, 1.54) is 0 Å². The molecule has 8 aromatic carbocycles. The van der Waals surface area contributed by atoms with Crippen molar-refractivity contribution >= 4 is 75.4 Å². The lowest BCUT2D eigenvalue weighted by atomic mass is 9.93. The summed E-state index contributed by atoms with van der Waals surface area (Å²) in [5.74, 6) is -1.01. The van der Waals surface area contributed by atoms with Gasteiger partial charge in [-0.3, -0.25) is 0 Å². The van der Waals surface area contributed by atoms with Crippen molar-refractivity contribution in [2.45, 2.75) is 0 Å². The number of fused-ring (bicyclic) bond motifs is 9. The molecule has 0 amide bonds. The first-order chi connectivity index (χ1) is 35.3. The Kier molecular flexibility index (Phi) is 4.29. The molecule has 6 heteroatoms. The maximum absolute atomic E-state index is 9.61. The molecule has 0 spiro atoms. The van der Waals surface area contributed by atoms with Crippen LogP contribution in [0.15, 0.2) is 184 Å². The van der Waals surface area contributed by atoms with Gasteiger partial charge in [0.05, 0.1) is 28.9 Å². The van der Waals surface area contributed by atoms with Gasteiger partial charge in [0.25, 0.3) is 0 Å². The van der Waals surface area contributed by atoms with E-state index in [1.807, 2.05) is 30.3 Å². The van der Waals surface area contributed by atoms with Crippen molar-refractivity contribution in [3.8, 4) is 56.4 Å². The first kappa shape index (κ1) is 19.4. The summed E-state index contributed by atoms with van der Waals surface area (Å²) in [6.45, 7) is 0. The first-order valence-electron chi connectivity index (χ1n) is 26.0. The highest BCUT2D eigenvalue weighted by molar-refractivity contribution is 7.25. The van der Waals surface area contributed by atoms with Gasteiger partial charge < -0.3 is 8.83 Å². The van der Waals surface area contributed by atoms with Crippen molar-refractivity contribution in [3.05, 3.63) is 176 Å². The molecule has 4 heterocycles. The Balaban J connectivity index is 1.07. The van der Waals surface area contributed by atoms with Crippen LogP contribution in [0.5, 0.6) is 0 Å². The molecule has 0 bridgehead atoms. The Labute approximate surface area is 354 Å². The lowest BCUT2D eigenvalue weighted by Crippen LogP contribution is -2.00. The number of hydrogen-bond donors (Lipinski definition) is 0. The number of benzene rings is 8. The maximum Gasteiger partial charge on any atom is 0.167 e. The topological polar surface area (TPSA) is 65.0 Å². The predicted octanol–water partition coefficient (Wildman–Crippen LogP) is 14.4. The molecular formula is C51H29N3O2S. The molecule has 0 radical (unpaired) electrons. The fraction of sp³-hybridized carbons (Fsp3) is 0. The van der Waals surface area contributed by atoms with Crippen LogP contribution in [-0.2, 0) is 0 Å². The van der Waals surface area contributed by atoms with Crippen LogP contribution in [0.1, 0.15) is 23.3 Å². The summed E-state index contributed by atoms with van der Waals surface area (Å²) in [5.41, 5.74) is 2.71. The second kappa shape index (κ2) is 12.6. The molecule has 12 rings (SSSR count). The molecule has 0 aliphatic heterocycles. The van der Waals surface area contributed by atoms with E-state index in [0.29, 0.717) is 55.0 Å². The van der Waals surface area contributed by atoms with E-state index in [2.05, 4.69) is 15.0 Å². The van der Waals surface area contributed by atoms with Crippen LogP contribution in [0.3, 0.4) is 0 Å². The van der Waals surface area contributed by atoms with Crippen LogP contribution in [0.2, 0.25) is 0 Å². The zero-order valence-corrected chi connectivity index (χ0v) is 29.8. The van der Waals surface area contributed by atoms with Crippen molar-refractivity contribution in [1.82, 2.24) is 15.0 Å². The third-order valence-electron chi connectivity index (χ3n) is 9.81. The average molecular weight is 765 g/mol. The monoisotopic (exact) mass is 764 g/mol. The average Bonchev–Trinajstić information content (AvgIpc) is 4.12. The first-order valence-corrected chi connectivity index (χ1v) is 18.4. The number of hydrogen-bond acceptors (Lipinski definition) is 6. The Morgan fingerprint density at radius 1 is 0.421 bits per heavy atom. The highest BCUT2D eigenvalue weighted by Crippen LogP contribution is 2.45. The van der Waals surface area contributed by atoms with E-state index in [-0.39, 0.29) is 72.9 Å². The summed E-state index contributed by atoms with van der Waals surface area (Å²) < 4.78 is 160. The molecule has 12 aromatic rings. The molecule has 0 saturated heterocycles. The summed E-state index contributed by atoms with van der Waals surface area (Å²) in [7, 11) is 0. The lowest BCUT2D eigenvalue weighted by molar-refractivity contribution is 0.668. The minimum absolute atomic E-state index is 0.0873. The van der Waals surface area contributed by atoms with Gasteiger partial charge in [-0.1, -0.05) is 127 Å². The van der Waals surface area contributed by atoms with Gasteiger partial charge in [-0.05, 0) is 65.1 Å². The maximum atomic E-state index is 9.61. The standard InChI is InChI=1S/C51H29N3O2S/c1-3-12-30(13-4-1)49-52-50(31-14-5-2-6-15-31)54-51(53-49)39-19-11-18-37-40-28-33(22-26-43(40)55-47(37)39)35-25-24-34(46-38-17-7-9-20-42(38)56-48(35)46)32-23-27-45-41(29-32)36-16-8-10-21-44(36)57-45/h1-29H/i1D,2D,3D,4D,5D,6D,8D,10D,12D,13D,14D,15D,16D,21D,23D,27D,29D. The Morgan fingerprint density at radius 3 is 1.91 bits per heavy atom. The summed E-state index contributed by atoms with van der Waals surface area (Å²) in [4.78, 5) is 13.6. The number of aromatic nitrogens is 3. The van der Waals surface area contributed by atoms with E-state index >= 15 is 0 Å². The molecule has 0 N–H and O–H groups in total. The zero-order valence-electron chi connectivity index (χ0n) is 46.0. The Bertz CT molecular complexity index is 4400. The van der Waals surface area contributed by atoms with E-state index in [0.717, 1.165) is 11.3 Å². The molecule has 0 aliphatic carbocycles. The molecule has 0 fully saturated rings. The molecule has 0 saturated carbocycles. The number of furan rings is 2. The zero-order chi connectivity index (χ0) is 52.2. The van der Waals surface area contributed by atoms with Gasteiger partial charge in [-0.25, -0.2) is 15.0 Å². The SMILES string of the molecule is [2H]c1c([2H])c([2H])c(-c2nc(-c3c([2H])c([2H])c([2H])c([2H])c3[2H])nc(-c3cccc4c3oc3ccc(-c5ccc(-c6c([2H])c([2H])c7sc8c([2H])c([2H])c([2H])c([2H])c8c7c6[2H])c6c5oc5ccccc56)cc34)n2)c([2H])c1[2H]. The molecular weight excluding hydrogens is 719 g/mol. The summed E-state index contributed by atoms with van der Waals surface area (Å²) >= 11 is 0.959. The quantitative estimate of drug-likeness (QED) is 0.175. The Morgan fingerprint density at radius 2 is 1.09 bits per heavy atom. The van der Waals surface area contributed by atoms with Crippen molar-refractivity contribution in [1.29, 1.82) is 0 Å². The number of rotatable bonds is 5. The van der Waals surface area contributed by atoms with Gasteiger partial charge in [-0.2, -0.15) is 0 Å². The van der Waals surface area contributed by atoms with E-state index < -0.39 is 95.3 Å². The van der Waals surface area contributed by atoms with Gasteiger partial charge in [0.1, 0.15) is 22.3 Å². The van der Waals surface area contributed by atoms with E-state index in [1.54, 1.807) is 42.5 Å². The van der Waals surface area contributed by atoms with Gasteiger partial charge in [0, 0.05) is 58.4 Å². The molecule has 0 aliphatic rings. The molecule has 0 atom stereocenters. The van der Waals surface area contributed by atoms with Crippen LogP contribution in [0.25, 0.3) is 120 Å². The van der Waals surface area contributed by atoms with Crippen LogP contribution in [0.4, 0.5) is 0 Å². The highest BCUT2D eigenvalue weighted by Gasteiger charge is 2.21. The molecule has 57 heavy (non-hydrogen) atoms. The number of thiophene rings is 1. The third kappa shape index (κ3) is 5.12. The summed E-state index contributed by atoms with van der Waals surface area (Å²) in [6, 6.07) is 12.6. The van der Waals surface area contributed by atoms with Crippen molar-refractivity contribution < 1.29 is 32.1 Å². The van der Waals surface area contributed by atoms with Crippen molar-refractivity contribution in [3.63, 3.8) is 0 Å². The normalized spacial score (nSPS) is 16.0. The second-order valence-electron chi connectivity index (χ2n) is 13.0. The fourth-order valence-corrected chi connectivity index (χ4v) is 8.21. The van der Waals surface area contributed by atoms with Gasteiger partial charge in [0.15, 0.2) is 17.5 Å².